The van der Waals surface area contributed by atoms with Gasteiger partial charge in [-0.2, -0.15) is 0 Å². The Bertz CT molecular complexity index is 995. The Morgan fingerprint density at radius 2 is 1.06 bits per heavy atom. The van der Waals surface area contributed by atoms with Crippen molar-refractivity contribution in [2.75, 3.05) is 6.61 Å². The lowest BCUT2D eigenvalue weighted by Gasteiger charge is -2.08. The number of ether oxygens (including phenoxy) is 3. The zero-order chi connectivity index (χ0) is 23.3. The van der Waals surface area contributed by atoms with Gasteiger partial charge in [0.05, 0.1) is 17.7 Å². The van der Waals surface area contributed by atoms with Crippen LogP contribution in [0.4, 0.5) is 0 Å². The third kappa shape index (κ3) is 8.11. The predicted octanol–water partition coefficient (Wildman–Crippen LogP) is 6.86. The summed E-state index contributed by atoms with van der Waals surface area (Å²) in [5.41, 5.74) is 0.692. The molecule has 0 fully saturated rings. The minimum absolute atomic E-state index is 0.342. The van der Waals surface area contributed by atoms with Crippen LogP contribution in [0.25, 0.3) is 0 Å². The largest absolute Gasteiger partial charge is 0.494 e. The third-order valence-corrected chi connectivity index (χ3v) is 5.11. The van der Waals surface area contributed by atoms with E-state index in [-0.39, 0.29) is 0 Å². The molecule has 0 radical (unpaired) electrons. The fraction of sp³-hybridized carbons (Fsp3) is 0.286. The highest BCUT2D eigenvalue weighted by molar-refractivity contribution is 5.94. The molecule has 0 bridgehead atoms. The maximum atomic E-state index is 12.4. The van der Waals surface area contributed by atoms with Crippen LogP contribution in [0.1, 0.15) is 66.2 Å². The Kier molecular flexibility index (Phi) is 9.52. The van der Waals surface area contributed by atoms with E-state index in [4.69, 9.17) is 14.2 Å². The number of unbranched alkanes of at least 4 members (excludes halogenated alkanes) is 5. The van der Waals surface area contributed by atoms with Crippen LogP contribution in [-0.2, 0) is 0 Å². The fourth-order valence-corrected chi connectivity index (χ4v) is 3.24. The molecule has 0 unspecified atom stereocenters. The van der Waals surface area contributed by atoms with Crippen LogP contribution in [-0.4, -0.2) is 18.5 Å². The molecular formula is C28H30O5. The number of esters is 2. The summed E-state index contributed by atoms with van der Waals surface area (Å²) in [5.74, 6) is 0.658. The third-order valence-electron chi connectivity index (χ3n) is 5.11. The first kappa shape index (κ1) is 24.1. The molecule has 0 amide bonds. The molecule has 0 atom stereocenters. The molecule has 3 aromatic carbocycles. The Morgan fingerprint density at radius 3 is 1.64 bits per heavy atom. The van der Waals surface area contributed by atoms with Gasteiger partial charge < -0.3 is 14.2 Å². The first-order chi connectivity index (χ1) is 16.2. The van der Waals surface area contributed by atoms with Gasteiger partial charge in [-0.1, -0.05) is 57.2 Å². The van der Waals surface area contributed by atoms with Crippen LogP contribution in [0.3, 0.4) is 0 Å². The second-order valence-electron chi connectivity index (χ2n) is 7.76. The van der Waals surface area contributed by atoms with Crippen LogP contribution in [0, 0.1) is 0 Å². The molecule has 0 saturated carbocycles. The minimum atomic E-state index is -0.501. The molecule has 0 aliphatic rings. The highest BCUT2D eigenvalue weighted by atomic mass is 16.5. The number of carbonyl (C=O) groups excluding carboxylic acids is 2. The number of para-hydroxylation sites is 1. The van der Waals surface area contributed by atoms with Gasteiger partial charge in [0.25, 0.3) is 0 Å². The van der Waals surface area contributed by atoms with Gasteiger partial charge in [-0.15, -0.1) is 0 Å². The van der Waals surface area contributed by atoms with Gasteiger partial charge >= 0.3 is 11.9 Å². The van der Waals surface area contributed by atoms with Crippen molar-refractivity contribution < 1.29 is 23.8 Å². The smallest absolute Gasteiger partial charge is 0.343 e. The molecule has 3 aromatic rings. The van der Waals surface area contributed by atoms with E-state index in [0.717, 1.165) is 12.2 Å². The zero-order valence-electron chi connectivity index (χ0n) is 19.0. The molecule has 0 aromatic heterocycles. The molecule has 0 N–H and O–H groups in total. The van der Waals surface area contributed by atoms with E-state index in [2.05, 4.69) is 6.92 Å². The standard InChI is InChI=1S/C28H30O5/c1-2-3-4-5-6-10-21-31-24-17-19-26(20-18-24)33-28(30)23-15-13-22(14-16-23)27(29)32-25-11-8-7-9-12-25/h7-9,11-20H,2-6,10,21H2,1H3. The summed E-state index contributed by atoms with van der Waals surface area (Å²) in [4.78, 5) is 24.6. The summed E-state index contributed by atoms with van der Waals surface area (Å²) in [6, 6.07) is 22.0. The van der Waals surface area contributed by atoms with Crippen molar-refractivity contribution in [3.63, 3.8) is 0 Å². The van der Waals surface area contributed by atoms with E-state index in [1.807, 2.05) is 6.07 Å². The van der Waals surface area contributed by atoms with E-state index < -0.39 is 11.9 Å². The van der Waals surface area contributed by atoms with Gasteiger partial charge in [0.1, 0.15) is 17.2 Å². The summed E-state index contributed by atoms with van der Waals surface area (Å²) < 4.78 is 16.5. The summed E-state index contributed by atoms with van der Waals surface area (Å²) in [5, 5.41) is 0. The number of rotatable bonds is 12. The summed E-state index contributed by atoms with van der Waals surface area (Å²) in [6.07, 6.45) is 7.31. The Hall–Kier alpha value is -3.60. The highest BCUT2D eigenvalue weighted by Gasteiger charge is 2.12. The van der Waals surface area contributed by atoms with Crippen molar-refractivity contribution in [2.45, 2.75) is 45.4 Å². The number of benzene rings is 3. The minimum Gasteiger partial charge on any atom is -0.494 e. The SMILES string of the molecule is CCCCCCCCOc1ccc(OC(=O)c2ccc(C(=O)Oc3ccccc3)cc2)cc1. The van der Waals surface area contributed by atoms with Crippen molar-refractivity contribution in [3.8, 4) is 17.2 Å². The van der Waals surface area contributed by atoms with Gasteiger partial charge in [-0.25, -0.2) is 9.59 Å². The van der Waals surface area contributed by atoms with Gasteiger partial charge in [0.2, 0.25) is 0 Å². The number of hydrogen-bond acceptors (Lipinski definition) is 5. The van der Waals surface area contributed by atoms with Crippen molar-refractivity contribution in [3.05, 3.63) is 90.0 Å². The topological polar surface area (TPSA) is 61.8 Å². The summed E-state index contributed by atoms with van der Waals surface area (Å²) in [6.45, 7) is 2.90. The number of hydrogen-bond donors (Lipinski definition) is 0. The van der Waals surface area contributed by atoms with Crippen molar-refractivity contribution in [1.82, 2.24) is 0 Å². The lowest BCUT2D eigenvalue weighted by molar-refractivity contribution is 0.0720. The van der Waals surface area contributed by atoms with Crippen LogP contribution in [0.5, 0.6) is 17.2 Å². The maximum Gasteiger partial charge on any atom is 0.343 e. The first-order valence-corrected chi connectivity index (χ1v) is 11.5. The maximum absolute atomic E-state index is 12.4. The Labute approximate surface area is 195 Å². The second-order valence-corrected chi connectivity index (χ2v) is 7.76. The summed E-state index contributed by atoms with van der Waals surface area (Å²) in [7, 11) is 0. The van der Waals surface area contributed by atoms with Gasteiger partial charge in [0.15, 0.2) is 0 Å². The molecule has 0 aliphatic heterocycles. The molecule has 172 valence electrons. The van der Waals surface area contributed by atoms with Crippen molar-refractivity contribution >= 4 is 11.9 Å². The van der Waals surface area contributed by atoms with E-state index in [1.165, 1.54) is 32.1 Å². The first-order valence-electron chi connectivity index (χ1n) is 11.5. The molecule has 0 heterocycles. The zero-order valence-corrected chi connectivity index (χ0v) is 19.0. The van der Waals surface area contributed by atoms with Crippen molar-refractivity contribution in [1.29, 1.82) is 0 Å². The molecule has 0 aliphatic carbocycles. The molecule has 3 rings (SSSR count). The molecular weight excluding hydrogens is 416 g/mol. The predicted molar refractivity (Wildman–Crippen MR) is 128 cm³/mol. The Balaban J connectivity index is 1.44. The van der Waals surface area contributed by atoms with E-state index in [9.17, 15) is 9.59 Å². The molecule has 5 nitrogen and oxygen atoms in total. The fourth-order valence-electron chi connectivity index (χ4n) is 3.24. The van der Waals surface area contributed by atoms with E-state index in [0.29, 0.717) is 29.2 Å². The van der Waals surface area contributed by atoms with Gasteiger partial charge in [-0.3, -0.25) is 0 Å². The van der Waals surface area contributed by atoms with E-state index in [1.54, 1.807) is 72.8 Å². The monoisotopic (exact) mass is 446 g/mol. The molecule has 33 heavy (non-hydrogen) atoms. The second kappa shape index (κ2) is 13.1. The van der Waals surface area contributed by atoms with Crippen LogP contribution >= 0.6 is 0 Å². The quantitative estimate of drug-likeness (QED) is 0.173. The Morgan fingerprint density at radius 1 is 0.576 bits per heavy atom. The van der Waals surface area contributed by atoms with Crippen LogP contribution < -0.4 is 14.2 Å². The highest BCUT2D eigenvalue weighted by Crippen LogP contribution is 2.20. The lowest BCUT2D eigenvalue weighted by Crippen LogP contribution is -2.11. The number of carbonyl (C=O) groups is 2. The summed E-state index contributed by atoms with van der Waals surface area (Å²) >= 11 is 0. The van der Waals surface area contributed by atoms with Gasteiger partial charge in [-0.05, 0) is 67.1 Å². The lowest BCUT2D eigenvalue weighted by atomic mass is 10.1. The molecule has 0 saturated heterocycles. The van der Waals surface area contributed by atoms with Crippen LogP contribution in [0.15, 0.2) is 78.9 Å². The average molecular weight is 447 g/mol. The normalized spacial score (nSPS) is 10.5. The van der Waals surface area contributed by atoms with E-state index >= 15 is 0 Å². The molecule has 0 spiro atoms. The average Bonchev–Trinajstić information content (AvgIpc) is 2.85. The molecule has 5 heteroatoms. The van der Waals surface area contributed by atoms with Crippen molar-refractivity contribution in [2.24, 2.45) is 0 Å². The van der Waals surface area contributed by atoms with Crippen LogP contribution in [0.2, 0.25) is 0 Å². The van der Waals surface area contributed by atoms with Gasteiger partial charge in [0, 0.05) is 0 Å².